The normalized spacial score (nSPS) is 20.4. The van der Waals surface area contributed by atoms with E-state index >= 15 is 0 Å². The van der Waals surface area contributed by atoms with Gasteiger partial charge in [-0.25, -0.2) is 4.79 Å². The predicted molar refractivity (Wildman–Crippen MR) is 135 cm³/mol. The van der Waals surface area contributed by atoms with E-state index in [2.05, 4.69) is 36.8 Å². The molecule has 2 unspecified atom stereocenters. The average molecular weight is 589 g/mol. The summed E-state index contributed by atoms with van der Waals surface area (Å²) in [5.41, 5.74) is 2.08. The number of nitrogens with zero attached hydrogens (tertiary/aromatic N) is 2. The number of hydrogen-bond acceptors (Lipinski definition) is 4. The molecule has 2 fully saturated rings. The van der Waals surface area contributed by atoms with E-state index in [1.54, 1.807) is 16.7 Å². The summed E-state index contributed by atoms with van der Waals surface area (Å²) in [6.07, 6.45) is 3.80. The number of phenolic OH excluding ortho intramolecular Hbond substituents is 1. The van der Waals surface area contributed by atoms with Crippen LogP contribution in [0.2, 0.25) is 0 Å². The van der Waals surface area contributed by atoms with E-state index < -0.39 is 0 Å². The molecule has 2 aromatic carbocycles. The summed E-state index contributed by atoms with van der Waals surface area (Å²) in [6.45, 7) is 1.13. The number of aromatic nitrogens is 2. The van der Waals surface area contributed by atoms with Crippen LogP contribution in [0.15, 0.2) is 62.4 Å². The van der Waals surface area contributed by atoms with Crippen molar-refractivity contribution in [2.24, 2.45) is 11.8 Å². The first kappa shape index (κ1) is 23.1. The molecule has 7 nitrogen and oxygen atoms in total. The first-order valence-corrected chi connectivity index (χ1v) is 12.8. The first-order valence-electron chi connectivity index (χ1n) is 11.2. The smallest absolute Gasteiger partial charge is 0.326 e. The van der Waals surface area contributed by atoms with Crippen LogP contribution >= 0.6 is 31.9 Å². The van der Waals surface area contributed by atoms with E-state index in [0.29, 0.717) is 46.9 Å². The second kappa shape index (κ2) is 9.19. The zero-order chi connectivity index (χ0) is 24.0. The Morgan fingerprint density at radius 3 is 2.29 bits per heavy atom. The molecule has 0 bridgehead atoms. The number of benzene rings is 2. The number of carbonyl (C=O) groups is 2. The van der Waals surface area contributed by atoms with Crippen LogP contribution < -0.4 is 5.69 Å². The Morgan fingerprint density at radius 1 is 1.00 bits per heavy atom. The quantitative estimate of drug-likeness (QED) is 0.420. The maximum absolute atomic E-state index is 13.0. The molecule has 176 valence electrons. The molecule has 3 aromatic rings. The number of carbonyl (C=O) groups excluding carboxylic acids is 2. The van der Waals surface area contributed by atoms with Crippen molar-refractivity contribution in [1.82, 2.24) is 14.5 Å². The molecule has 1 saturated heterocycles. The fraction of sp³-hybridized carbons (Fsp3) is 0.320. The van der Waals surface area contributed by atoms with Crippen molar-refractivity contribution in [3.63, 3.8) is 0 Å². The number of Topliss-reactive ketones (excluding diaryl/α,β-unsaturated/α-hetero) is 1. The van der Waals surface area contributed by atoms with Crippen molar-refractivity contribution in [3.05, 3.63) is 73.7 Å². The van der Waals surface area contributed by atoms with Crippen molar-refractivity contribution in [2.75, 3.05) is 13.1 Å². The maximum Gasteiger partial charge on any atom is 0.326 e. The van der Waals surface area contributed by atoms with Crippen LogP contribution in [-0.4, -0.2) is 44.3 Å². The number of halogens is 2. The zero-order valence-corrected chi connectivity index (χ0v) is 21.4. The summed E-state index contributed by atoms with van der Waals surface area (Å²) in [5.74, 6) is -0.647. The predicted octanol–water partition coefficient (Wildman–Crippen LogP) is 4.76. The lowest BCUT2D eigenvalue weighted by atomic mass is 10.0. The number of H-pyrrole nitrogens is 1. The van der Waals surface area contributed by atoms with Gasteiger partial charge in [-0.05, 0) is 68.8 Å². The number of likely N-dealkylation sites (tertiary alicyclic amines) is 1. The van der Waals surface area contributed by atoms with Crippen LogP contribution in [0.3, 0.4) is 0 Å². The van der Waals surface area contributed by atoms with Gasteiger partial charge in [-0.1, -0.05) is 30.3 Å². The molecule has 2 atom stereocenters. The lowest BCUT2D eigenvalue weighted by Gasteiger charge is -2.32. The fourth-order valence-electron chi connectivity index (χ4n) is 4.72. The molecule has 34 heavy (non-hydrogen) atoms. The number of aromatic hydroxyl groups is 1. The summed E-state index contributed by atoms with van der Waals surface area (Å²) in [6, 6.07) is 12.9. The van der Waals surface area contributed by atoms with Crippen molar-refractivity contribution >= 4 is 43.6 Å². The minimum Gasteiger partial charge on any atom is -0.506 e. The Morgan fingerprint density at radius 2 is 1.65 bits per heavy atom. The van der Waals surface area contributed by atoms with Crippen LogP contribution in [0.5, 0.6) is 5.75 Å². The molecular formula is C25H23Br2N3O4. The molecule has 1 aliphatic heterocycles. The highest BCUT2D eigenvalue weighted by atomic mass is 79.9. The van der Waals surface area contributed by atoms with Crippen molar-refractivity contribution < 1.29 is 14.7 Å². The van der Waals surface area contributed by atoms with E-state index in [9.17, 15) is 19.5 Å². The number of hydrogen-bond donors (Lipinski definition) is 2. The minimum atomic E-state index is -0.325. The van der Waals surface area contributed by atoms with Crippen molar-refractivity contribution in [2.45, 2.75) is 25.3 Å². The molecule has 2 heterocycles. The van der Waals surface area contributed by atoms with Crippen molar-refractivity contribution in [3.8, 4) is 17.0 Å². The molecule has 1 amide bonds. The lowest BCUT2D eigenvalue weighted by molar-refractivity contribution is -0.134. The monoisotopic (exact) mass is 587 g/mol. The average Bonchev–Trinajstić information content (AvgIpc) is 3.56. The standard InChI is InChI=1S/C25H23Br2N3O4/c26-19-10-15(11-20(27)23(19)32)22(31)17-12-18(17)24(33)29-8-6-16(7-9-29)30-13-21(28-25(30)34)14-4-2-1-3-5-14/h1-5,10-11,13,16-18,32H,6-9,12H2,(H,28,34). The largest absolute Gasteiger partial charge is 0.506 e. The fourth-order valence-corrected chi connectivity index (χ4v) is 5.91. The third kappa shape index (κ3) is 4.38. The van der Waals surface area contributed by atoms with E-state index in [1.165, 1.54) is 0 Å². The number of phenols is 1. The van der Waals surface area contributed by atoms with Gasteiger partial charge < -0.3 is 15.0 Å². The molecule has 1 aromatic heterocycles. The number of nitrogens with one attached hydrogen (secondary N) is 1. The van der Waals surface area contributed by atoms with Gasteiger partial charge in [-0.15, -0.1) is 0 Å². The van der Waals surface area contributed by atoms with Crippen LogP contribution in [0.25, 0.3) is 11.3 Å². The van der Waals surface area contributed by atoms with Gasteiger partial charge in [0.05, 0.1) is 14.6 Å². The van der Waals surface area contributed by atoms with Gasteiger partial charge in [0.15, 0.2) is 5.78 Å². The third-order valence-electron chi connectivity index (χ3n) is 6.74. The Kier molecular flexibility index (Phi) is 6.24. The summed E-state index contributed by atoms with van der Waals surface area (Å²) in [4.78, 5) is 43.2. The van der Waals surface area contributed by atoms with E-state index in [0.717, 1.165) is 11.3 Å². The molecule has 2 aliphatic rings. The van der Waals surface area contributed by atoms with Crippen LogP contribution in [0.4, 0.5) is 0 Å². The number of imidazole rings is 1. The van der Waals surface area contributed by atoms with Crippen LogP contribution in [0.1, 0.15) is 35.7 Å². The summed E-state index contributed by atoms with van der Waals surface area (Å²) < 4.78 is 2.62. The highest BCUT2D eigenvalue weighted by Gasteiger charge is 2.50. The number of ketones is 1. The van der Waals surface area contributed by atoms with Gasteiger partial charge >= 0.3 is 5.69 Å². The third-order valence-corrected chi connectivity index (χ3v) is 7.95. The summed E-state index contributed by atoms with van der Waals surface area (Å²) in [7, 11) is 0. The van der Waals surface area contributed by atoms with Gasteiger partial charge in [0, 0.05) is 42.7 Å². The van der Waals surface area contributed by atoms with Crippen LogP contribution in [0, 0.1) is 11.8 Å². The Balaban J connectivity index is 1.20. The molecule has 1 aliphatic carbocycles. The number of aromatic amines is 1. The maximum atomic E-state index is 13.0. The highest BCUT2D eigenvalue weighted by Crippen LogP contribution is 2.44. The topological polar surface area (TPSA) is 95.4 Å². The molecule has 2 N–H and O–H groups in total. The van der Waals surface area contributed by atoms with E-state index in [1.807, 2.05) is 41.4 Å². The summed E-state index contributed by atoms with van der Waals surface area (Å²) in [5, 5.41) is 9.87. The van der Waals surface area contributed by atoms with Gasteiger partial charge in [-0.3, -0.25) is 14.2 Å². The Bertz CT molecular complexity index is 1290. The number of piperidine rings is 1. The van der Waals surface area contributed by atoms with E-state index in [4.69, 9.17) is 0 Å². The first-order chi connectivity index (χ1) is 16.3. The number of amides is 1. The van der Waals surface area contributed by atoms with Gasteiger partial charge in [-0.2, -0.15) is 0 Å². The molecule has 5 rings (SSSR count). The number of rotatable bonds is 5. The Labute approximate surface area is 213 Å². The molecule has 0 spiro atoms. The second-order valence-electron chi connectivity index (χ2n) is 8.90. The molecular weight excluding hydrogens is 566 g/mol. The highest BCUT2D eigenvalue weighted by molar-refractivity contribution is 9.11. The minimum absolute atomic E-state index is 0.0140. The van der Waals surface area contributed by atoms with Crippen LogP contribution in [-0.2, 0) is 4.79 Å². The molecule has 0 radical (unpaired) electrons. The van der Waals surface area contributed by atoms with Gasteiger partial charge in [0.1, 0.15) is 5.75 Å². The zero-order valence-electron chi connectivity index (χ0n) is 18.2. The second-order valence-corrected chi connectivity index (χ2v) is 10.6. The molecule has 1 saturated carbocycles. The summed E-state index contributed by atoms with van der Waals surface area (Å²) >= 11 is 6.50. The van der Waals surface area contributed by atoms with Gasteiger partial charge in [0.25, 0.3) is 0 Å². The molecule has 9 heteroatoms. The lowest BCUT2D eigenvalue weighted by Crippen LogP contribution is -2.41. The van der Waals surface area contributed by atoms with E-state index in [-0.39, 0.29) is 41.0 Å². The van der Waals surface area contributed by atoms with Gasteiger partial charge in [0.2, 0.25) is 5.91 Å². The van der Waals surface area contributed by atoms with Crippen molar-refractivity contribution in [1.29, 1.82) is 0 Å². The SMILES string of the molecule is O=C(c1cc(Br)c(O)c(Br)c1)C1CC1C(=O)N1CCC(n2cc(-c3ccccc3)[nH]c2=O)CC1. The Hall–Kier alpha value is -2.65.